The van der Waals surface area contributed by atoms with Crippen LogP contribution in [0.2, 0.25) is 0 Å². The SMILES string of the molecule is CC1(C)c2ccccc2-c2c(-c3ccccc3N(c3ccc4c(c3)-c3ccccc3C43C4=C(C=CCC4)c4ccccc43)c3ccc4c(c3)c3ccccc3n4-c3ccccc3)cccc21. The Balaban J connectivity index is 1.04. The lowest BCUT2D eigenvalue weighted by molar-refractivity contribution is 0.660. The summed E-state index contributed by atoms with van der Waals surface area (Å²) in [7, 11) is 0. The summed E-state index contributed by atoms with van der Waals surface area (Å²) in [6.07, 6.45) is 6.87. The molecule has 14 rings (SSSR count). The van der Waals surface area contributed by atoms with Crippen molar-refractivity contribution in [2.75, 3.05) is 4.90 Å². The molecule has 0 bridgehead atoms. The monoisotopic (exact) mass is 842 g/mol. The maximum absolute atomic E-state index is 2.54. The molecule has 312 valence electrons. The van der Waals surface area contributed by atoms with Gasteiger partial charge in [-0.3, -0.25) is 0 Å². The highest BCUT2D eigenvalue weighted by Crippen LogP contribution is 2.64. The molecule has 0 radical (unpaired) electrons. The van der Waals surface area contributed by atoms with Crippen LogP contribution in [0.1, 0.15) is 60.1 Å². The molecule has 0 amide bonds. The van der Waals surface area contributed by atoms with Gasteiger partial charge in [0.25, 0.3) is 0 Å². The van der Waals surface area contributed by atoms with Crippen molar-refractivity contribution < 1.29 is 0 Å². The first-order valence-electron chi connectivity index (χ1n) is 23.5. The zero-order chi connectivity index (χ0) is 43.7. The highest BCUT2D eigenvalue weighted by molar-refractivity contribution is 6.11. The van der Waals surface area contributed by atoms with Gasteiger partial charge in [-0.1, -0.05) is 178 Å². The molecule has 1 heterocycles. The van der Waals surface area contributed by atoms with E-state index in [0.29, 0.717) is 0 Å². The van der Waals surface area contributed by atoms with Crippen molar-refractivity contribution in [3.05, 3.63) is 257 Å². The van der Waals surface area contributed by atoms with Crippen LogP contribution < -0.4 is 4.90 Å². The number of aromatic nitrogens is 1. The maximum Gasteiger partial charge on any atom is 0.0688 e. The summed E-state index contributed by atoms with van der Waals surface area (Å²) in [4.78, 5) is 2.54. The first-order chi connectivity index (χ1) is 32.5. The number of anilines is 3. The van der Waals surface area contributed by atoms with Gasteiger partial charge in [-0.25, -0.2) is 0 Å². The van der Waals surface area contributed by atoms with Gasteiger partial charge < -0.3 is 9.47 Å². The Morgan fingerprint density at radius 1 is 0.439 bits per heavy atom. The highest BCUT2D eigenvalue weighted by Gasteiger charge is 2.52. The summed E-state index contributed by atoms with van der Waals surface area (Å²) in [6, 6.07) is 77.6. The lowest BCUT2D eigenvalue weighted by Gasteiger charge is -2.34. The molecule has 1 atom stereocenters. The Morgan fingerprint density at radius 2 is 1.05 bits per heavy atom. The Bertz CT molecular complexity index is 3750. The molecule has 0 fully saturated rings. The van der Waals surface area contributed by atoms with Crippen molar-refractivity contribution in [1.82, 2.24) is 4.57 Å². The second kappa shape index (κ2) is 13.8. The second-order valence-corrected chi connectivity index (χ2v) is 19.0. The molecule has 2 nitrogen and oxygen atoms in total. The van der Waals surface area contributed by atoms with Crippen LogP contribution in [-0.2, 0) is 10.8 Å². The fourth-order valence-electron chi connectivity index (χ4n) is 12.8. The zero-order valence-electron chi connectivity index (χ0n) is 37.1. The Morgan fingerprint density at radius 3 is 1.89 bits per heavy atom. The first kappa shape index (κ1) is 37.4. The Hall–Kier alpha value is -7.94. The number of hydrogen-bond donors (Lipinski definition) is 0. The molecule has 1 spiro atoms. The fourth-order valence-corrected chi connectivity index (χ4v) is 12.8. The topological polar surface area (TPSA) is 8.17 Å². The number of para-hydroxylation sites is 3. The minimum absolute atomic E-state index is 0.111. The number of benzene rings is 9. The molecular weight excluding hydrogens is 797 g/mol. The number of nitrogens with zero attached hydrogens (tertiary/aromatic N) is 2. The van der Waals surface area contributed by atoms with Crippen LogP contribution in [-0.4, -0.2) is 4.57 Å². The van der Waals surface area contributed by atoms with Crippen LogP contribution in [0.25, 0.3) is 66.4 Å². The average molecular weight is 843 g/mol. The minimum atomic E-state index is -0.327. The van der Waals surface area contributed by atoms with Gasteiger partial charge in [0, 0.05) is 38.8 Å². The van der Waals surface area contributed by atoms with Gasteiger partial charge in [-0.2, -0.15) is 0 Å². The van der Waals surface area contributed by atoms with Crippen molar-refractivity contribution >= 4 is 44.4 Å². The molecule has 4 aliphatic rings. The van der Waals surface area contributed by atoms with Crippen molar-refractivity contribution in [1.29, 1.82) is 0 Å². The van der Waals surface area contributed by atoms with Gasteiger partial charge in [0.15, 0.2) is 0 Å². The minimum Gasteiger partial charge on any atom is -0.310 e. The van der Waals surface area contributed by atoms with Crippen molar-refractivity contribution in [2.45, 2.75) is 37.5 Å². The summed E-state index contributed by atoms with van der Waals surface area (Å²) in [5.74, 6) is 0. The maximum atomic E-state index is 2.54. The summed E-state index contributed by atoms with van der Waals surface area (Å²) >= 11 is 0. The van der Waals surface area contributed by atoms with Gasteiger partial charge in [0.2, 0.25) is 0 Å². The molecule has 0 saturated heterocycles. The molecule has 9 aromatic carbocycles. The van der Waals surface area contributed by atoms with Crippen LogP contribution in [0.4, 0.5) is 17.1 Å². The van der Waals surface area contributed by atoms with E-state index in [-0.39, 0.29) is 10.8 Å². The quantitative estimate of drug-likeness (QED) is 0.168. The molecule has 4 aliphatic carbocycles. The van der Waals surface area contributed by atoms with E-state index in [0.717, 1.165) is 35.6 Å². The van der Waals surface area contributed by atoms with E-state index in [4.69, 9.17) is 0 Å². The van der Waals surface area contributed by atoms with Crippen molar-refractivity contribution in [2.24, 2.45) is 0 Å². The molecule has 2 heteroatoms. The third-order valence-corrected chi connectivity index (χ3v) is 15.5. The molecule has 0 saturated carbocycles. The van der Waals surface area contributed by atoms with E-state index in [1.54, 1.807) is 0 Å². The van der Waals surface area contributed by atoms with E-state index in [2.05, 4.69) is 242 Å². The molecule has 0 N–H and O–H groups in total. The van der Waals surface area contributed by atoms with Crippen molar-refractivity contribution in [3.8, 4) is 39.1 Å². The van der Waals surface area contributed by atoms with E-state index >= 15 is 0 Å². The molecular formula is C64H46N2. The first-order valence-corrected chi connectivity index (χ1v) is 23.5. The largest absolute Gasteiger partial charge is 0.310 e. The molecule has 0 aliphatic heterocycles. The van der Waals surface area contributed by atoms with Crippen LogP contribution in [0.15, 0.2) is 224 Å². The van der Waals surface area contributed by atoms with Gasteiger partial charge in [0.1, 0.15) is 0 Å². The third kappa shape index (κ3) is 4.91. The predicted octanol–water partition coefficient (Wildman–Crippen LogP) is 16.7. The Labute approximate surface area is 386 Å². The zero-order valence-corrected chi connectivity index (χ0v) is 37.1. The summed E-state index contributed by atoms with van der Waals surface area (Å²) < 4.78 is 2.41. The third-order valence-electron chi connectivity index (χ3n) is 15.5. The molecule has 1 aromatic heterocycles. The Kier molecular flexibility index (Phi) is 7.82. The molecule has 66 heavy (non-hydrogen) atoms. The van der Waals surface area contributed by atoms with E-state index in [1.165, 1.54) is 99.7 Å². The number of rotatable bonds is 5. The van der Waals surface area contributed by atoms with E-state index in [1.807, 2.05) is 0 Å². The lowest BCUT2D eigenvalue weighted by Crippen LogP contribution is -2.27. The number of allylic oxidation sites excluding steroid dienone is 4. The van der Waals surface area contributed by atoms with Crippen molar-refractivity contribution in [3.63, 3.8) is 0 Å². The van der Waals surface area contributed by atoms with Crippen LogP contribution in [0.3, 0.4) is 0 Å². The summed E-state index contributed by atoms with van der Waals surface area (Å²) in [5.41, 5.74) is 25.5. The second-order valence-electron chi connectivity index (χ2n) is 19.0. The molecule has 1 unspecified atom stereocenters. The lowest BCUT2D eigenvalue weighted by atomic mass is 9.68. The number of hydrogen-bond acceptors (Lipinski definition) is 1. The summed E-state index contributed by atoms with van der Waals surface area (Å²) in [6.45, 7) is 4.75. The van der Waals surface area contributed by atoms with Gasteiger partial charge in [-0.15, -0.1) is 0 Å². The fraction of sp³-hybridized carbons (Fsp3) is 0.0938. The van der Waals surface area contributed by atoms with E-state index < -0.39 is 0 Å². The normalized spacial score (nSPS) is 16.9. The van der Waals surface area contributed by atoms with Crippen LogP contribution in [0.5, 0.6) is 0 Å². The highest BCUT2D eigenvalue weighted by atomic mass is 15.1. The van der Waals surface area contributed by atoms with Crippen LogP contribution >= 0.6 is 0 Å². The molecule has 10 aromatic rings. The van der Waals surface area contributed by atoms with Crippen LogP contribution in [0, 0.1) is 0 Å². The predicted molar refractivity (Wildman–Crippen MR) is 276 cm³/mol. The smallest absolute Gasteiger partial charge is 0.0688 e. The standard InChI is InChI=1S/C64H46N2/c1-63(2)53-28-12-9-26-50(53)62-49(27-18-32-58(62)63)47-24-10-16-33-59(47)65(43-36-38-61-52(40-43)48-25-11-17-34-60(48)66(61)41-19-4-3-5-20-41)42-35-37-57-51(39-42)46-23-8-15-31-56(46)64(57)54-29-13-6-21-44(54)45-22-7-14-30-55(45)64/h3-13,15-29,31-40H,14,30H2,1-2H3. The van der Waals surface area contributed by atoms with Gasteiger partial charge in [-0.05, 0) is 140 Å². The van der Waals surface area contributed by atoms with E-state index in [9.17, 15) is 0 Å². The average Bonchev–Trinajstić information content (AvgIpc) is 4.04. The number of fused-ring (bicyclic) bond motifs is 15. The van der Waals surface area contributed by atoms with Gasteiger partial charge in [0.05, 0.1) is 22.1 Å². The van der Waals surface area contributed by atoms with Gasteiger partial charge >= 0.3 is 0 Å². The summed E-state index contributed by atoms with van der Waals surface area (Å²) in [5, 5.41) is 2.46.